The summed E-state index contributed by atoms with van der Waals surface area (Å²) in [5, 5.41) is 7.78. The lowest BCUT2D eigenvalue weighted by atomic mass is 10.2. The van der Waals surface area contributed by atoms with Gasteiger partial charge in [0.1, 0.15) is 0 Å². The van der Waals surface area contributed by atoms with Gasteiger partial charge in [0.25, 0.3) is 5.91 Å². The van der Waals surface area contributed by atoms with E-state index < -0.39 is 24.8 Å². The van der Waals surface area contributed by atoms with E-state index in [9.17, 15) is 22.4 Å². The molecule has 1 heterocycles. The molecular weight excluding hydrogens is 268 g/mol. The van der Waals surface area contributed by atoms with Crippen molar-refractivity contribution >= 4 is 11.6 Å². The second-order valence-corrected chi connectivity index (χ2v) is 3.96. The highest BCUT2D eigenvalue weighted by molar-refractivity contribution is 5.97. The van der Waals surface area contributed by atoms with Gasteiger partial charge in [-0.15, -0.1) is 0 Å². The molecule has 0 saturated carbocycles. The van der Waals surface area contributed by atoms with Crippen LogP contribution in [0, 0.1) is 0 Å². The van der Waals surface area contributed by atoms with E-state index in [1.165, 1.54) is 0 Å². The number of hydrogen-bond donors (Lipinski definition) is 3. The van der Waals surface area contributed by atoms with Crippen molar-refractivity contribution in [1.29, 1.82) is 0 Å². The Morgan fingerprint density at radius 1 is 1.53 bits per heavy atom. The Morgan fingerprint density at radius 3 is 2.68 bits per heavy atom. The molecule has 19 heavy (non-hydrogen) atoms. The van der Waals surface area contributed by atoms with Crippen LogP contribution in [0.3, 0.4) is 0 Å². The highest BCUT2D eigenvalue weighted by Crippen LogP contribution is 2.22. The number of nitrogens with one attached hydrogen (secondary N) is 2. The number of rotatable bonds is 6. The standard InChI is InChI=1S/C10H14F4N4O/c1-2-3-5-6(15)7(18-17-5)8(19)16-4-10(13,14)9(11)12/h9H,2-4,15H2,1H3,(H,16,19)(H,17,18). The topological polar surface area (TPSA) is 83.8 Å². The van der Waals surface area contributed by atoms with Crippen LogP contribution in [0.1, 0.15) is 29.5 Å². The number of carbonyl (C=O) groups is 1. The average Bonchev–Trinajstić information content (AvgIpc) is 2.69. The van der Waals surface area contributed by atoms with Gasteiger partial charge in [-0.1, -0.05) is 13.3 Å². The number of nitrogens with two attached hydrogens (primary N) is 1. The van der Waals surface area contributed by atoms with E-state index in [-0.39, 0.29) is 11.4 Å². The first kappa shape index (κ1) is 15.3. The second-order valence-electron chi connectivity index (χ2n) is 3.96. The molecule has 4 N–H and O–H groups in total. The fourth-order valence-corrected chi connectivity index (χ4v) is 1.36. The molecule has 1 aromatic rings. The molecule has 0 bridgehead atoms. The molecule has 1 rings (SSSR count). The van der Waals surface area contributed by atoms with Gasteiger partial charge in [0.05, 0.1) is 17.9 Å². The quantitative estimate of drug-likeness (QED) is 0.692. The molecule has 1 aromatic heterocycles. The molecule has 0 spiro atoms. The van der Waals surface area contributed by atoms with E-state index >= 15 is 0 Å². The molecule has 1 amide bonds. The number of nitrogen functional groups attached to an aromatic ring is 1. The molecule has 5 nitrogen and oxygen atoms in total. The van der Waals surface area contributed by atoms with Crippen molar-refractivity contribution in [3.63, 3.8) is 0 Å². The number of carbonyl (C=O) groups excluding carboxylic acids is 1. The van der Waals surface area contributed by atoms with Crippen LogP contribution in [0.15, 0.2) is 0 Å². The average molecular weight is 282 g/mol. The largest absolute Gasteiger partial charge is 0.395 e. The van der Waals surface area contributed by atoms with Gasteiger partial charge in [-0.25, -0.2) is 8.78 Å². The van der Waals surface area contributed by atoms with Crippen LogP contribution in [0.25, 0.3) is 0 Å². The minimum atomic E-state index is -4.28. The van der Waals surface area contributed by atoms with Crippen molar-refractivity contribution in [3.05, 3.63) is 11.4 Å². The van der Waals surface area contributed by atoms with Crippen LogP contribution in [0.2, 0.25) is 0 Å². The first-order valence-electron chi connectivity index (χ1n) is 5.56. The minimum Gasteiger partial charge on any atom is -0.395 e. The van der Waals surface area contributed by atoms with Crippen LogP contribution in [-0.2, 0) is 6.42 Å². The predicted octanol–water partition coefficient (Wildman–Crippen LogP) is 1.57. The second kappa shape index (κ2) is 5.89. The first-order valence-corrected chi connectivity index (χ1v) is 5.56. The summed E-state index contributed by atoms with van der Waals surface area (Å²) >= 11 is 0. The molecule has 0 aliphatic rings. The van der Waals surface area contributed by atoms with Crippen LogP contribution < -0.4 is 11.1 Å². The minimum absolute atomic E-state index is 0.0414. The Labute approximate surface area is 106 Å². The number of aryl methyl sites for hydroxylation is 1. The maximum atomic E-state index is 12.6. The van der Waals surface area contributed by atoms with E-state index in [1.807, 2.05) is 6.92 Å². The van der Waals surface area contributed by atoms with Gasteiger partial charge < -0.3 is 11.1 Å². The van der Waals surface area contributed by atoms with Crippen molar-refractivity contribution in [3.8, 4) is 0 Å². The molecule has 9 heteroatoms. The van der Waals surface area contributed by atoms with Gasteiger partial charge in [0, 0.05) is 0 Å². The lowest BCUT2D eigenvalue weighted by Crippen LogP contribution is -2.41. The van der Waals surface area contributed by atoms with E-state index in [1.54, 1.807) is 5.32 Å². The Kier molecular flexibility index (Phi) is 4.73. The number of nitrogens with zero attached hydrogens (tertiary/aromatic N) is 1. The molecule has 0 unspecified atom stereocenters. The fraction of sp³-hybridized carbons (Fsp3) is 0.600. The fourth-order valence-electron chi connectivity index (χ4n) is 1.36. The van der Waals surface area contributed by atoms with Gasteiger partial charge in [0.2, 0.25) is 0 Å². The van der Waals surface area contributed by atoms with Crippen LogP contribution in [-0.4, -0.2) is 35.0 Å². The number of hydrogen-bond acceptors (Lipinski definition) is 3. The lowest BCUT2D eigenvalue weighted by Gasteiger charge is -2.15. The number of H-pyrrole nitrogens is 1. The lowest BCUT2D eigenvalue weighted by molar-refractivity contribution is -0.123. The van der Waals surface area contributed by atoms with Gasteiger partial charge in [-0.3, -0.25) is 9.89 Å². The van der Waals surface area contributed by atoms with Crippen LogP contribution in [0.4, 0.5) is 23.2 Å². The van der Waals surface area contributed by atoms with Gasteiger partial charge in [0.15, 0.2) is 5.69 Å². The van der Waals surface area contributed by atoms with Gasteiger partial charge in [-0.05, 0) is 6.42 Å². The predicted molar refractivity (Wildman–Crippen MR) is 60.3 cm³/mol. The monoisotopic (exact) mass is 282 g/mol. The summed E-state index contributed by atoms with van der Waals surface area (Å²) in [7, 11) is 0. The Bertz CT molecular complexity index is 447. The molecule has 108 valence electrons. The van der Waals surface area contributed by atoms with Crippen molar-refractivity contribution in [2.75, 3.05) is 12.3 Å². The normalized spacial score (nSPS) is 11.9. The molecule has 0 atom stereocenters. The number of amides is 1. The number of aromatic amines is 1. The summed E-state index contributed by atoms with van der Waals surface area (Å²) < 4.78 is 49.1. The van der Waals surface area contributed by atoms with Crippen molar-refractivity contribution in [2.24, 2.45) is 0 Å². The van der Waals surface area contributed by atoms with E-state index in [2.05, 4.69) is 10.2 Å². The zero-order valence-corrected chi connectivity index (χ0v) is 10.1. The van der Waals surface area contributed by atoms with Crippen molar-refractivity contribution in [2.45, 2.75) is 32.1 Å². The van der Waals surface area contributed by atoms with Crippen LogP contribution in [0.5, 0.6) is 0 Å². The third-order valence-corrected chi connectivity index (χ3v) is 2.40. The summed E-state index contributed by atoms with van der Waals surface area (Å²) in [4.78, 5) is 11.5. The summed E-state index contributed by atoms with van der Waals surface area (Å²) in [5.41, 5.74) is 5.88. The van der Waals surface area contributed by atoms with Crippen molar-refractivity contribution < 1.29 is 22.4 Å². The zero-order chi connectivity index (χ0) is 14.6. The van der Waals surface area contributed by atoms with E-state index in [0.717, 1.165) is 6.42 Å². The third kappa shape index (κ3) is 3.58. The molecule has 0 saturated heterocycles. The van der Waals surface area contributed by atoms with Gasteiger partial charge >= 0.3 is 12.3 Å². The number of anilines is 1. The molecule has 0 aromatic carbocycles. The summed E-state index contributed by atoms with van der Waals surface area (Å²) in [6, 6.07) is 0. The third-order valence-electron chi connectivity index (χ3n) is 2.40. The maximum absolute atomic E-state index is 12.6. The number of aromatic nitrogens is 2. The Balaban J connectivity index is 2.69. The summed E-state index contributed by atoms with van der Waals surface area (Å²) in [5.74, 6) is -5.30. The molecule has 0 aliphatic heterocycles. The SMILES string of the molecule is CCCc1[nH]nc(C(=O)NCC(F)(F)C(F)F)c1N. The molecule has 0 fully saturated rings. The van der Waals surface area contributed by atoms with Crippen LogP contribution >= 0.6 is 0 Å². The number of halogens is 4. The summed E-state index contributed by atoms with van der Waals surface area (Å²) in [6.07, 6.45) is -2.56. The van der Waals surface area contributed by atoms with Gasteiger partial charge in [-0.2, -0.15) is 13.9 Å². The Morgan fingerprint density at radius 2 is 2.16 bits per heavy atom. The molecule has 0 radical (unpaired) electrons. The number of alkyl halides is 4. The van der Waals surface area contributed by atoms with E-state index in [0.29, 0.717) is 12.1 Å². The highest BCUT2D eigenvalue weighted by Gasteiger charge is 2.41. The summed E-state index contributed by atoms with van der Waals surface area (Å²) in [6.45, 7) is 0.405. The first-order chi connectivity index (χ1) is 8.79. The van der Waals surface area contributed by atoms with E-state index in [4.69, 9.17) is 5.73 Å². The molecular formula is C10H14F4N4O. The zero-order valence-electron chi connectivity index (χ0n) is 10.1. The molecule has 0 aliphatic carbocycles. The Hall–Kier alpha value is -1.80. The smallest absolute Gasteiger partial charge is 0.324 e. The maximum Gasteiger partial charge on any atom is 0.324 e. The van der Waals surface area contributed by atoms with Crippen molar-refractivity contribution in [1.82, 2.24) is 15.5 Å². The highest BCUT2D eigenvalue weighted by atomic mass is 19.3.